The van der Waals surface area contributed by atoms with Crippen LogP contribution in [0.25, 0.3) is 0 Å². The van der Waals surface area contributed by atoms with Gasteiger partial charge in [-0.05, 0) is 60.6 Å². The monoisotopic (exact) mass is 500 g/mol. The number of anilines is 2. The Morgan fingerprint density at radius 3 is 2.27 bits per heavy atom. The van der Waals surface area contributed by atoms with Crippen molar-refractivity contribution >= 4 is 35.1 Å². The lowest BCUT2D eigenvalue weighted by Gasteiger charge is -2.23. The Labute approximate surface area is 217 Å². The van der Waals surface area contributed by atoms with Crippen molar-refractivity contribution < 1.29 is 23.9 Å². The number of carbonyl (C=O) groups excluding carboxylic acids is 4. The van der Waals surface area contributed by atoms with Gasteiger partial charge in [-0.2, -0.15) is 0 Å². The fraction of sp³-hybridized carbons (Fsp3) is 0.400. The first-order valence-corrected chi connectivity index (χ1v) is 13.1. The molecule has 4 atom stereocenters. The highest BCUT2D eigenvalue weighted by Crippen LogP contribution is 2.41. The van der Waals surface area contributed by atoms with E-state index in [4.69, 9.17) is 4.74 Å². The van der Waals surface area contributed by atoms with E-state index in [-0.39, 0.29) is 48.4 Å². The van der Waals surface area contributed by atoms with Crippen LogP contribution in [0.3, 0.4) is 0 Å². The smallest absolute Gasteiger partial charge is 0.316 e. The summed E-state index contributed by atoms with van der Waals surface area (Å²) < 4.78 is 5.61. The maximum atomic E-state index is 13.0. The number of hydrogen-bond donors (Lipinski definition) is 0. The van der Waals surface area contributed by atoms with Gasteiger partial charge in [-0.3, -0.25) is 24.1 Å². The molecule has 0 saturated carbocycles. The number of esters is 1. The zero-order valence-corrected chi connectivity index (χ0v) is 21.5. The quantitative estimate of drug-likeness (QED) is 0.253. The van der Waals surface area contributed by atoms with Crippen LogP contribution in [-0.4, -0.2) is 30.2 Å². The van der Waals surface area contributed by atoms with Gasteiger partial charge in [-0.25, -0.2) is 0 Å². The van der Waals surface area contributed by atoms with Crippen LogP contribution in [0.15, 0.2) is 54.6 Å². The number of imide groups is 1. The number of benzene rings is 2. The van der Waals surface area contributed by atoms with Crippen LogP contribution in [0.4, 0.5) is 11.4 Å². The molecule has 2 aromatic rings. The molecule has 1 aliphatic carbocycles. The summed E-state index contributed by atoms with van der Waals surface area (Å²) in [6.45, 7) is 6.36. The molecule has 3 amide bonds. The summed E-state index contributed by atoms with van der Waals surface area (Å²) in [6.07, 6.45) is 6.25. The third kappa shape index (κ3) is 4.37. The molecule has 0 N–H and O–H groups in total. The van der Waals surface area contributed by atoms with Crippen molar-refractivity contribution in [3.8, 4) is 5.75 Å². The van der Waals surface area contributed by atoms with Crippen LogP contribution in [0.5, 0.6) is 5.75 Å². The summed E-state index contributed by atoms with van der Waals surface area (Å²) in [4.78, 5) is 54.8. The normalized spacial score (nSPS) is 25.1. The molecule has 0 unspecified atom stereocenters. The molecule has 0 radical (unpaired) electrons. The molecule has 5 rings (SSSR count). The number of ether oxygens (including phenoxy) is 1. The van der Waals surface area contributed by atoms with Crippen molar-refractivity contribution in [1.29, 1.82) is 0 Å². The number of allylic oxidation sites excluding steroid dienone is 2. The largest absolute Gasteiger partial charge is 0.426 e. The zero-order chi connectivity index (χ0) is 26.3. The minimum absolute atomic E-state index is 0.0202. The number of para-hydroxylation sites is 1. The molecule has 3 aliphatic rings. The van der Waals surface area contributed by atoms with Gasteiger partial charge < -0.3 is 9.64 Å². The Morgan fingerprint density at radius 2 is 1.65 bits per heavy atom. The molecule has 2 aliphatic heterocycles. The highest BCUT2D eigenvalue weighted by atomic mass is 16.5. The average molecular weight is 501 g/mol. The van der Waals surface area contributed by atoms with Gasteiger partial charge in [0, 0.05) is 18.7 Å². The fourth-order valence-corrected chi connectivity index (χ4v) is 5.91. The van der Waals surface area contributed by atoms with E-state index >= 15 is 0 Å². The van der Waals surface area contributed by atoms with Crippen LogP contribution in [0, 0.1) is 23.7 Å². The van der Waals surface area contributed by atoms with Gasteiger partial charge in [0.15, 0.2) is 0 Å². The lowest BCUT2D eigenvalue weighted by atomic mass is 9.78. The molecule has 2 aromatic carbocycles. The number of nitrogens with zero attached hydrogens (tertiary/aromatic N) is 2. The van der Waals surface area contributed by atoms with Crippen molar-refractivity contribution in [2.24, 2.45) is 23.7 Å². The summed E-state index contributed by atoms with van der Waals surface area (Å²) in [5.74, 6) is -1.79. The first-order chi connectivity index (χ1) is 17.8. The molecule has 0 spiro atoms. The number of carbonyl (C=O) groups is 4. The molecule has 0 aromatic heterocycles. The Bertz CT molecular complexity index is 1260. The molecule has 0 bridgehead atoms. The number of aryl methyl sites for hydroxylation is 2. The van der Waals surface area contributed by atoms with Crippen molar-refractivity contribution in [3.63, 3.8) is 0 Å². The zero-order valence-electron chi connectivity index (χ0n) is 21.5. The SMILES string of the molecule is CCc1cccc(CC)c1N1C[C@H](C(=O)Oc2ccc(N3C(=O)[C@H]4[C@H](C)C=CC[C@H]4C3=O)cc2)CC1=O. The lowest BCUT2D eigenvalue weighted by molar-refractivity contribution is -0.139. The van der Waals surface area contributed by atoms with Crippen LogP contribution >= 0.6 is 0 Å². The minimum atomic E-state index is -0.569. The Morgan fingerprint density at radius 1 is 0.973 bits per heavy atom. The molecule has 7 heteroatoms. The molecule has 37 heavy (non-hydrogen) atoms. The van der Waals surface area contributed by atoms with E-state index < -0.39 is 11.9 Å². The topological polar surface area (TPSA) is 84.0 Å². The van der Waals surface area contributed by atoms with Gasteiger partial charge >= 0.3 is 5.97 Å². The molecule has 7 nitrogen and oxygen atoms in total. The van der Waals surface area contributed by atoms with Gasteiger partial charge in [0.25, 0.3) is 0 Å². The molecule has 2 fully saturated rings. The second kappa shape index (κ2) is 9.96. The number of rotatable bonds is 6. The predicted octanol–water partition coefficient (Wildman–Crippen LogP) is 4.47. The van der Waals surface area contributed by atoms with E-state index in [0.29, 0.717) is 17.9 Å². The number of hydrogen-bond acceptors (Lipinski definition) is 5. The van der Waals surface area contributed by atoms with Gasteiger partial charge in [0.1, 0.15) is 5.75 Å². The Hall–Kier alpha value is -3.74. The Balaban J connectivity index is 1.27. The van der Waals surface area contributed by atoms with Gasteiger partial charge in [-0.1, -0.05) is 51.1 Å². The van der Waals surface area contributed by atoms with Crippen LogP contribution in [0.2, 0.25) is 0 Å². The number of fused-ring (bicyclic) bond motifs is 1. The predicted molar refractivity (Wildman–Crippen MR) is 140 cm³/mol. The first-order valence-electron chi connectivity index (χ1n) is 13.1. The van der Waals surface area contributed by atoms with Crippen LogP contribution in [-0.2, 0) is 32.0 Å². The maximum absolute atomic E-state index is 13.0. The lowest BCUT2D eigenvalue weighted by Crippen LogP contribution is -2.31. The second-order valence-electron chi connectivity index (χ2n) is 10.1. The van der Waals surface area contributed by atoms with Crippen LogP contribution in [0.1, 0.15) is 44.7 Å². The second-order valence-corrected chi connectivity index (χ2v) is 10.1. The van der Waals surface area contributed by atoms with E-state index in [0.717, 1.165) is 29.7 Å². The summed E-state index contributed by atoms with van der Waals surface area (Å²) in [7, 11) is 0. The molecule has 2 heterocycles. The molecule has 2 saturated heterocycles. The van der Waals surface area contributed by atoms with E-state index in [1.165, 1.54) is 4.90 Å². The Kier molecular flexibility index (Phi) is 6.71. The minimum Gasteiger partial charge on any atom is -0.426 e. The van der Waals surface area contributed by atoms with E-state index in [9.17, 15) is 19.2 Å². The van der Waals surface area contributed by atoms with E-state index in [1.807, 2.05) is 37.3 Å². The summed E-state index contributed by atoms with van der Waals surface area (Å²) in [5, 5.41) is 0. The molecular formula is C30H32N2O5. The highest BCUT2D eigenvalue weighted by Gasteiger charge is 2.50. The van der Waals surface area contributed by atoms with Crippen molar-refractivity contribution in [1.82, 2.24) is 0 Å². The molecular weight excluding hydrogens is 468 g/mol. The summed E-state index contributed by atoms with van der Waals surface area (Å²) in [6, 6.07) is 12.5. The third-order valence-electron chi connectivity index (χ3n) is 7.88. The summed E-state index contributed by atoms with van der Waals surface area (Å²) in [5.41, 5.74) is 3.57. The van der Waals surface area contributed by atoms with E-state index in [1.54, 1.807) is 29.2 Å². The van der Waals surface area contributed by atoms with E-state index in [2.05, 4.69) is 13.8 Å². The standard InChI is InChI=1S/C30H32N2O5/c1-4-19-9-7-10-20(5-2)27(19)31-17-21(16-25(31)33)30(36)37-23-14-12-22(13-15-23)32-28(34)24-11-6-8-18(3)26(24)29(32)35/h6-10,12-15,18,21,24,26H,4-5,11,16-17H2,1-3H3/t18-,21-,24-,26+/m1/s1. The highest BCUT2D eigenvalue weighted by molar-refractivity contribution is 6.22. The van der Waals surface area contributed by atoms with Gasteiger partial charge in [-0.15, -0.1) is 0 Å². The third-order valence-corrected chi connectivity index (χ3v) is 7.88. The van der Waals surface area contributed by atoms with Crippen LogP contribution < -0.4 is 14.5 Å². The van der Waals surface area contributed by atoms with Crippen molar-refractivity contribution in [3.05, 3.63) is 65.7 Å². The number of amides is 3. The summed E-state index contributed by atoms with van der Waals surface area (Å²) >= 11 is 0. The molecule has 192 valence electrons. The first kappa shape index (κ1) is 24.9. The van der Waals surface area contributed by atoms with Gasteiger partial charge in [0.2, 0.25) is 17.7 Å². The van der Waals surface area contributed by atoms with Crippen molar-refractivity contribution in [2.75, 3.05) is 16.3 Å². The van der Waals surface area contributed by atoms with Gasteiger partial charge in [0.05, 0.1) is 23.4 Å². The van der Waals surface area contributed by atoms with Crippen molar-refractivity contribution in [2.45, 2.75) is 46.5 Å². The maximum Gasteiger partial charge on any atom is 0.316 e. The fourth-order valence-electron chi connectivity index (χ4n) is 5.91. The average Bonchev–Trinajstić information content (AvgIpc) is 3.41.